The molecule has 158 valence electrons. The van der Waals surface area contributed by atoms with Gasteiger partial charge in [-0.15, -0.1) is 0 Å². The lowest BCUT2D eigenvalue weighted by Crippen LogP contribution is -2.42. The van der Waals surface area contributed by atoms with E-state index in [-0.39, 0.29) is 29.3 Å². The number of anilines is 1. The first-order valence-electron chi connectivity index (χ1n) is 9.22. The minimum Gasteiger partial charge on any atom is -0.351 e. The van der Waals surface area contributed by atoms with E-state index in [1.54, 1.807) is 13.8 Å². The number of halogens is 2. The monoisotopic (exact) mass is 427 g/mol. The summed E-state index contributed by atoms with van der Waals surface area (Å²) in [5.41, 5.74) is -0.774. The molecule has 8 nitrogen and oxygen atoms in total. The van der Waals surface area contributed by atoms with Gasteiger partial charge in [0.05, 0.1) is 12.5 Å². The van der Waals surface area contributed by atoms with Gasteiger partial charge in [-0.25, -0.2) is 31.5 Å². The molecule has 1 aliphatic heterocycles. The summed E-state index contributed by atoms with van der Waals surface area (Å²) in [6, 6.07) is 0.577. The van der Waals surface area contributed by atoms with Gasteiger partial charge in [-0.3, -0.25) is 4.79 Å². The number of piperidine rings is 1. The van der Waals surface area contributed by atoms with Crippen LogP contribution in [0.4, 0.5) is 14.7 Å². The molecule has 0 aromatic carbocycles. The van der Waals surface area contributed by atoms with Crippen LogP contribution in [-0.4, -0.2) is 52.6 Å². The van der Waals surface area contributed by atoms with E-state index < -0.39 is 27.2 Å². The van der Waals surface area contributed by atoms with Crippen LogP contribution >= 0.6 is 0 Å². The molecule has 2 aromatic heterocycles. The van der Waals surface area contributed by atoms with E-state index in [1.165, 1.54) is 21.3 Å². The third kappa shape index (κ3) is 4.78. The Morgan fingerprint density at radius 3 is 2.45 bits per heavy atom. The van der Waals surface area contributed by atoms with Crippen LogP contribution in [0.15, 0.2) is 23.3 Å². The smallest absolute Gasteiger partial charge is 0.286 e. The van der Waals surface area contributed by atoms with Crippen LogP contribution in [0.3, 0.4) is 0 Å². The normalized spacial score (nSPS) is 16.3. The van der Waals surface area contributed by atoms with Gasteiger partial charge in [0.2, 0.25) is 16.0 Å². The van der Waals surface area contributed by atoms with Gasteiger partial charge in [0.15, 0.2) is 11.6 Å². The summed E-state index contributed by atoms with van der Waals surface area (Å²) in [5, 5.41) is 3.08. The summed E-state index contributed by atoms with van der Waals surface area (Å²) in [4.78, 5) is 20.0. The van der Waals surface area contributed by atoms with E-state index in [1.807, 2.05) is 0 Å². The van der Waals surface area contributed by atoms with Crippen molar-refractivity contribution in [1.82, 2.24) is 18.8 Å². The molecule has 29 heavy (non-hydrogen) atoms. The van der Waals surface area contributed by atoms with Crippen molar-refractivity contribution < 1.29 is 17.2 Å². The molecule has 0 radical (unpaired) electrons. The van der Waals surface area contributed by atoms with E-state index in [4.69, 9.17) is 0 Å². The average Bonchev–Trinajstić information content (AvgIpc) is 2.65. The Balaban J connectivity index is 1.84. The summed E-state index contributed by atoms with van der Waals surface area (Å²) < 4.78 is 54.2. The molecule has 0 amide bonds. The highest BCUT2D eigenvalue weighted by Gasteiger charge is 2.25. The van der Waals surface area contributed by atoms with Crippen LogP contribution in [0.5, 0.6) is 0 Å². The zero-order valence-electron chi connectivity index (χ0n) is 16.4. The number of rotatable bonds is 5. The van der Waals surface area contributed by atoms with Crippen molar-refractivity contribution in [1.29, 1.82) is 0 Å². The fourth-order valence-electron chi connectivity index (χ4n) is 3.23. The standard InChI is InChI=1S/C18H23F2N5O3S/c1-11(2)25-10-12(8-14(19)17(25)26)16-15(20)9-21-18(23-16)22-13-4-6-24(7-5-13)29(3,27)28/h8-11,13H,4-7H2,1-3H3,(H,21,22,23). The van der Waals surface area contributed by atoms with Gasteiger partial charge >= 0.3 is 0 Å². The lowest BCUT2D eigenvalue weighted by atomic mass is 10.1. The maximum absolute atomic E-state index is 14.3. The van der Waals surface area contributed by atoms with Gasteiger partial charge in [-0.1, -0.05) is 0 Å². The number of hydrogen-bond donors (Lipinski definition) is 1. The van der Waals surface area contributed by atoms with Crippen LogP contribution in [0.1, 0.15) is 32.7 Å². The predicted molar refractivity (Wildman–Crippen MR) is 105 cm³/mol. The highest BCUT2D eigenvalue weighted by molar-refractivity contribution is 7.88. The summed E-state index contributed by atoms with van der Waals surface area (Å²) in [6.07, 6.45) is 4.63. The second kappa shape index (κ2) is 8.15. The lowest BCUT2D eigenvalue weighted by molar-refractivity contribution is 0.331. The van der Waals surface area contributed by atoms with Crippen LogP contribution < -0.4 is 10.9 Å². The quantitative estimate of drug-likeness (QED) is 0.784. The highest BCUT2D eigenvalue weighted by Crippen LogP contribution is 2.23. The SMILES string of the molecule is CC(C)n1cc(-c2nc(NC3CCN(S(C)(=O)=O)CC3)ncc2F)cc(F)c1=O. The third-order valence-corrected chi connectivity index (χ3v) is 6.13. The molecule has 0 saturated carbocycles. The molecular formula is C18H23F2N5O3S. The molecule has 0 spiro atoms. The number of aromatic nitrogens is 3. The molecule has 2 aromatic rings. The van der Waals surface area contributed by atoms with E-state index in [0.29, 0.717) is 25.9 Å². The second-order valence-corrected chi connectivity index (χ2v) is 9.34. The van der Waals surface area contributed by atoms with E-state index in [0.717, 1.165) is 12.3 Å². The Morgan fingerprint density at radius 1 is 1.21 bits per heavy atom. The van der Waals surface area contributed by atoms with Gasteiger partial charge in [-0.05, 0) is 32.8 Å². The zero-order chi connectivity index (χ0) is 21.3. The minimum atomic E-state index is -3.23. The average molecular weight is 427 g/mol. The Kier molecular flexibility index (Phi) is 5.99. The summed E-state index contributed by atoms with van der Waals surface area (Å²) in [5.74, 6) is -1.57. The van der Waals surface area contributed by atoms with E-state index in [9.17, 15) is 22.0 Å². The van der Waals surface area contributed by atoms with Gasteiger partial charge in [-0.2, -0.15) is 0 Å². The first-order chi connectivity index (χ1) is 13.6. The molecule has 0 aliphatic carbocycles. The van der Waals surface area contributed by atoms with Gasteiger partial charge < -0.3 is 9.88 Å². The zero-order valence-corrected chi connectivity index (χ0v) is 17.2. The molecule has 3 rings (SSSR count). The fourth-order valence-corrected chi connectivity index (χ4v) is 4.11. The molecule has 1 N–H and O–H groups in total. The molecule has 1 aliphatic rings. The Bertz CT molecular complexity index is 1060. The molecule has 1 saturated heterocycles. The molecule has 0 unspecified atom stereocenters. The topological polar surface area (TPSA) is 97.2 Å². The fraction of sp³-hybridized carbons (Fsp3) is 0.500. The number of hydrogen-bond acceptors (Lipinski definition) is 6. The first kappa shape index (κ1) is 21.3. The number of nitrogens with one attached hydrogen (secondary N) is 1. The largest absolute Gasteiger partial charge is 0.351 e. The van der Waals surface area contributed by atoms with Crippen LogP contribution in [-0.2, 0) is 10.0 Å². The van der Waals surface area contributed by atoms with Crippen molar-refractivity contribution in [3.63, 3.8) is 0 Å². The maximum atomic E-state index is 14.3. The molecular weight excluding hydrogens is 404 g/mol. The van der Waals surface area contributed by atoms with Crippen LogP contribution in [0.2, 0.25) is 0 Å². The van der Waals surface area contributed by atoms with Crippen molar-refractivity contribution in [2.24, 2.45) is 0 Å². The lowest BCUT2D eigenvalue weighted by Gasteiger charge is -2.30. The van der Waals surface area contributed by atoms with Crippen LogP contribution in [0, 0.1) is 11.6 Å². The summed E-state index contributed by atoms with van der Waals surface area (Å²) in [7, 11) is -3.23. The van der Waals surface area contributed by atoms with Crippen molar-refractivity contribution in [2.45, 2.75) is 38.8 Å². The van der Waals surface area contributed by atoms with Crippen molar-refractivity contribution in [2.75, 3.05) is 24.7 Å². The van der Waals surface area contributed by atoms with Gasteiger partial charge in [0, 0.05) is 36.9 Å². The number of sulfonamides is 1. The van der Waals surface area contributed by atoms with Crippen LogP contribution in [0.25, 0.3) is 11.3 Å². The number of nitrogens with zero attached hydrogens (tertiary/aromatic N) is 4. The molecule has 0 atom stereocenters. The van der Waals surface area contributed by atoms with Gasteiger partial charge in [0.25, 0.3) is 5.56 Å². The van der Waals surface area contributed by atoms with Crippen molar-refractivity contribution in [3.05, 3.63) is 40.4 Å². The highest BCUT2D eigenvalue weighted by atomic mass is 32.2. The maximum Gasteiger partial charge on any atom is 0.286 e. The minimum absolute atomic E-state index is 0.0762. The first-order valence-corrected chi connectivity index (χ1v) is 11.1. The molecule has 1 fully saturated rings. The predicted octanol–water partition coefficient (Wildman–Crippen LogP) is 2.00. The number of pyridine rings is 1. The summed E-state index contributed by atoms with van der Waals surface area (Å²) >= 11 is 0. The van der Waals surface area contributed by atoms with E-state index in [2.05, 4.69) is 15.3 Å². The second-order valence-electron chi connectivity index (χ2n) is 7.35. The molecule has 11 heteroatoms. The van der Waals surface area contributed by atoms with E-state index >= 15 is 0 Å². The Morgan fingerprint density at radius 2 is 1.86 bits per heavy atom. The van der Waals surface area contributed by atoms with Crippen molar-refractivity contribution >= 4 is 16.0 Å². The molecule has 3 heterocycles. The molecule has 0 bridgehead atoms. The third-order valence-electron chi connectivity index (χ3n) is 4.83. The summed E-state index contributed by atoms with van der Waals surface area (Å²) in [6.45, 7) is 4.18. The van der Waals surface area contributed by atoms with Gasteiger partial charge in [0.1, 0.15) is 5.69 Å². The van der Waals surface area contributed by atoms with Crippen molar-refractivity contribution in [3.8, 4) is 11.3 Å². The Labute approximate surface area is 167 Å². The Hall–Kier alpha value is -2.40.